The first-order valence-electron chi connectivity index (χ1n) is 22.0. The van der Waals surface area contributed by atoms with Crippen LogP contribution in [0.4, 0.5) is 4.79 Å². The third kappa shape index (κ3) is 35.2. The summed E-state index contributed by atoms with van der Waals surface area (Å²) in [7, 11) is 0. The minimum Gasteiger partial charge on any atom is -0.330 e. The molecule has 8 nitrogen and oxygen atoms in total. The monoisotopic (exact) mass is 709 g/mol. The average Bonchev–Trinajstić information content (AvgIpc) is 3.11. The van der Waals surface area contributed by atoms with Gasteiger partial charge in [0, 0.05) is 19.5 Å². The summed E-state index contributed by atoms with van der Waals surface area (Å²) in [4.78, 5) is 30.2. The van der Waals surface area contributed by atoms with Crippen LogP contribution in [0.1, 0.15) is 200 Å². The van der Waals surface area contributed by atoms with E-state index in [1.165, 1.54) is 128 Å². The Kier molecular flexibility index (Phi) is 39.6. The number of carbonyl (C=O) groups is 2. The molecule has 0 atom stereocenters. The van der Waals surface area contributed by atoms with E-state index in [0.29, 0.717) is 6.42 Å². The van der Waals surface area contributed by atoms with Gasteiger partial charge in [-0.15, -0.1) is 0 Å². The maximum absolute atomic E-state index is 13.2. The van der Waals surface area contributed by atoms with Gasteiger partial charge in [-0.3, -0.25) is 10.1 Å². The summed E-state index contributed by atoms with van der Waals surface area (Å²) < 4.78 is 0. The van der Waals surface area contributed by atoms with Crippen molar-refractivity contribution >= 4 is 11.9 Å². The molecule has 0 aromatic carbocycles. The fraction of sp³-hybridized carbons (Fsp3) is 0.952. The molecule has 0 aliphatic rings. The van der Waals surface area contributed by atoms with Crippen molar-refractivity contribution in [3.8, 4) is 0 Å². The third-order valence-corrected chi connectivity index (χ3v) is 10.0. The Morgan fingerprint density at radius 1 is 0.440 bits per heavy atom. The van der Waals surface area contributed by atoms with Gasteiger partial charge in [-0.05, 0) is 84.3 Å². The van der Waals surface area contributed by atoms with Crippen LogP contribution in [0.25, 0.3) is 0 Å². The van der Waals surface area contributed by atoms with Crippen LogP contribution in [-0.4, -0.2) is 80.6 Å². The number of nitrogens with one attached hydrogen (secondary N) is 2. The molecule has 6 N–H and O–H groups in total. The second-order valence-corrected chi connectivity index (χ2v) is 15.0. The van der Waals surface area contributed by atoms with Crippen molar-refractivity contribution in [3.05, 3.63) is 0 Å². The van der Waals surface area contributed by atoms with Crippen molar-refractivity contribution in [1.82, 2.24) is 20.4 Å². The molecule has 0 rings (SSSR count). The number of rotatable bonds is 40. The van der Waals surface area contributed by atoms with Crippen LogP contribution < -0.4 is 22.1 Å². The minimum absolute atomic E-state index is 0.152. The minimum atomic E-state index is -0.191. The van der Waals surface area contributed by atoms with E-state index < -0.39 is 0 Å². The van der Waals surface area contributed by atoms with Crippen molar-refractivity contribution in [2.75, 3.05) is 58.9 Å². The van der Waals surface area contributed by atoms with Gasteiger partial charge in [-0.1, -0.05) is 155 Å². The lowest BCUT2D eigenvalue weighted by atomic mass is 10.0. The van der Waals surface area contributed by atoms with Gasteiger partial charge >= 0.3 is 6.03 Å². The quantitative estimate of drug-likeness (QED) is 0.0471. The van der Waals surface area contributed by atoms with Crippen LogP contribution in [0.3, 0.4) is 0 Å². The first-order valence-corrected chi connectivity index (χ1v) is 22.0. The second-order valence-electron chi connectivity index (χ2n) is 15.0. The number of unbranched alkanes of at least 4 members (excludes halogenated alkanes) is 22. The fourth-order valence-electron chi connectivity index (χ4n) is 6.75. The molecule has 50 heavy (non-hydrogen) atoms. The van der Waals surface area contributed by atoms with E-state index in [1.54, 1.807) is 0 Å². The molecule has 0 aromatic heterocycles. The molecule has 0 aliphatic carbocycles. The molecule has 0 heterocycles. The summed E-state index contributed by atoms with van der Waals surface area (Å²) in [6.45, 7) is 12.3. The molecular weight excluding hydrogens is 621 g/mol. The molecule has 0 fully saturated rings. The number of hydrogen-bond donors (Lipinski definition) is 4. The topological polar surface area (TPSA) is 117 Å². The van der Waals surface area contributed by atoms with Crippen molar-refractivity contribution in [2.24, 2.45) is 11.5 Å². The van der Waals surface area contributed by atoms with Crippen LogP contribution in [0.5, 0.6) is 0 Å². The Balaban J connectivity index is 4.34. The van der Waals surface area contributed by atoms with Crippen molar-refractivity contribution in [2.45, 2.75) is 200 Å². The highest BCUT2D eigenvalue weighted by Crippen LogP contribution is 2.14. The molecule has 0 saturated heterocycles. The summed E-state index contributed by atoms with van der Waals surface area (Å²) in [5.74, 6) is -0.152. The molecule has 0 aromatic rings. The summed E-state index contributed by atoms with van der Waals surface area (Å²) in [6.07, 6.45) is 35.6. The number of nitrogens with zero attached hydrogens (tertiary/aromatic N) is 2. The lowest BCUT2D eigenvalue weighted by molar-refractivity contribution is -0.120. The van der Waals surface area contributed by atoms with Crippen molar-refractivity contribution in [3.63, 3.8) is 0 Å². The predicted octanol–water partition coefficient (Wildman–Crippen LogP) is 9.69. The van der Waals surface area contributed by atoms with Gasteiger partial charge in [-0.2, -0.15) is 0 Å². The number of hydrogen-bond acceptors (Lipinski definition) is 6. The van der Waals surface area contributed by atoms with Crippen molar-refractivity contribution in [1.29, 1.82) is 0 Å². The van der Waals surface area contributed by atoms with Gasteiger partial charge in [0.25, 0.3) is 0 Å². The zero-order chi connectivity index (χ0) is 36.6. The van der Waals surface area contributed by atoms with E-state index in [4.69, 9.17) is 11.5 Å². The summed E-state index contributed by atoms with van der Waals surface area (Å²) in [5, 5.41) is 6.18. The average molecular weight is 709 g/mol. The molecule has 0 unspecified atom stereocenters. The normalized spacial score (nSPS) is 11.5. The first kappa shape index (κ1) is 48.8. The molecule has 0 saturated carbocycles. The maximum atomic E-state index is 13.2. The highest BCUT2D eigenvalue weighted by molar-refractivity contribution is 5.94. The molecule has 0 bridgehead atoms. The van der Waals surface area contributed by atoms with Gasteiger partial charge in [0.2, 0.25) is 5.91 Å². The Morgan fingerprint density at radius 3 is 1.20 bits per heavy atom. The number of imide groups is 1. The Hall–Kier alpha value is -1.22. The molecule has 8 heteroatoms. The van der Waals surface area contributed by atoms with Gasteiger partial charge in [-0.25, -0.2) is 4.79 Å². The zero-order valence-electron chi connectivity index (χ0n) is 33.7. The molecule has 0 radical (unpaired) electrons. The van der Waals surface area contributed by atoms with E-state index in [0.717, 1.165) is 110 Å². The Labute approximate surface area is 311 Å². The lowest BCUT2D eigenvalue weighted by Gasteiger charge is -2.23. The largest absolute Gasteiger partial charge is 0.330 e. The van der Waals surface area contributed by atoms with E-state index in [9.17, 15) is 9.59 Å². The zero-order valence-corrected chi connectivity index (χ0v) is 33.7. The summed E-state index contributed by atoms with van der Waals surface area (Å²) >= 11 is 0. The molecule has 0 aliphatic heterocycles. The Bertz CT molecular complexity index is 674. The van der Waals surface area contributed by atoms with E-state index >= 15 is 0 Å². The van der Waals surface area contributed by atoms with Crippen LogP contribution in [0.2, 0.25) is 0 Å². The Morgan fingerprint density at radius 2 is 0.800 bits per heavy atom. The molecule has 298 valence electrons. The smallest absolute Gasteiger partial charge is 0.324 e. The van der Waals surface area contributed by atoms with Crippen LogP contribution in [-0.2, 0) is 4.79 Å². The van der Waals surface area contributed by atoms with Crippen LogP contribution >= 0.6 is 0 Å². The third-order valence-electron chi connectivity index (χ3n) is 10.0. The van der Waals surface area contributed by atoms with Gasteiger partial charge < -0.3 is 26.6 Å². The van der Waals surface area contributed by atoms with Gasteiger partial charge in [0.05, 0.1) is 0 Å². The van der Waals surface area contributed by atoms with E-state index in [2.05, 4.69) is 29.4 Å². The summed E-state index contributed by atoms with van der Waals surface area (Å²) in [6, 6.07) is -0.191. The highest BCUT2D eigenvalue weighted by Gasteiger charge is 2.16. The van der Waals surface area contributed by atoms with Gasteiger partial charge in [0.1, 0.15) is 0 Å². The lowest BCUT2D eigenvalue weighted by Crippen LogP contribution is -2.43. The molecule has 0 spiro atoms. The van der Waals surface area contributed by atoms with Crippen LogP contribution in [0.15, 0.2) is 0 Å². The van der Waals surface area contributed by atoms with E-state index in [1.807, 2.05) is 4.90 Å². The standard InChI is InChI=1S/C42H88N6O2/c1-3-5-7-9-11-13-15-17-19-21-23-25-39-48(40-26-24-22-20-18-16-14-12-10-8-6-4-2)42(50)46-41(49)31-27-34-45-35-30-38-47(36-28-32-43)37-29-33-44/h45H,3-40,43-44H2,1-2H3,(H,46,49,50). The fourth-order valence-corrected chi connectivity index (χ4v) is 6.75. The summed E-state index contributed by atoms with van der Waals surface area (Å²) in [5.41, 5.74) is 11.4. The predicted molar refractivity (Wildman–Crippen MR) is 218 cm³/mol. The first-order chi connectivity index (χ1) is 24.6. The number of amides is 3. The SMILES string of the molecule is CCCCCCCCCCCCCCN(CCCCCCCCCCCCCC)C(=O)NC(=O)CCCNCCCN(CCCN)CCCN. The number of carbonyl (C=O) groups excluding carboxylic acids is 2. The highest BCUT2D eigenvalue weighted by atomic mass is 16.2. The van der Waals surface area contributed by atoms with E-state index in [-0.39, 0.29) is 11.9 Å². The number of urea groups is 1. The maximum Gasteiger partial charge on any atom is 0.324 e. The van der Waals surface area contributed by atoms with Gasteiger partial charge in [0.15, 0.2) is 0 Å². The molecule has 3 amide bonds. The van der Waals surface area contributed by atoms with Crippen molar-refractivity contribution < 1.29 is 9.59 Å². The van der Waals surface area contributed by atoms with Crippen LogP contribution in [0, 0.1) is 0 Å². The molecular formula is C42H88N6O2. The number of nitrogens with two attached hydrogens (primary N) is 2. The second kappa shape index (κ2) is 40.5.